The van der Waals surface area contributed by atoms with Gasteiger partial charge in [-0.15, -0.1) is 0 Å². The van der Waals surface area contributed by atoms with Crippen LogP contribution < -0.4 is 0 Å². The molecule has 1 atom stereocenters. The Morgan fingerprint density at radius 2 is 2.19 bits per heavy atom. The van der Waals surface area contributed by atoms with E-state index in [0.717, 1.165) is 25.9 Å². The number of rotatable bonds is 6. The Morgan fingerprint density at radius 1 is 1.44 bits per heavy atom. The van der Waals surface area contributed by atoms with E-state index in [9.17, 15) is 4.79 Å². The lowest BCUT2D eigenvalue weighted by atomic mass is 10.0. The number of likely N-dealkylation sites (tertiary alicyclic amines) is 1. The van der Waals surface area contributed by atoms with Crippen molar-refractivity contribution < 1.29 is 9.90 Å². The second-order valence-electron chi connectivity index (χ2n) is 4.91. The molecular formula is C12H24N2O2. The van der Waals surface area contributed by atoms with Crippen LogP contribution >= 0.6 is 0 Å². The number of piperidine rings is 1. The van der Waals surface area contributed by atoms with Crippen LogP contribution in [0.3, 0.4) is 0 Å². The highest BCUT2D eigenvalue weighted by molar-refractivity contribution is 5.66. The molecule has 4 heteroatoms. The predicted octanol–water partition coefficient (Wildman–Crippen LogP) is 1.27. The largest absolute Gasteiger partial charge is 0.481 e. The van der Waals surface area contributed by atoms with E-state index < -0.39 is 5.97 Å². The van der Waals surface area contributed by atoms with Crippen molar-refractivity contribution in [2.24, 2.45) is 0 Å². The maximum Gasteiger partial charge on any atom is 0.303 e. The summed E-state index contributed by atoms with van der Waals surface area (Å²) in [6.45, 7) is 3.37. The Labute approximate surface area is 98.2 Å². The molecular weight excluding hydrogens is 204 g/mol. The number of carbonyl (C=O) groups is 1. The molecule has 0 aromatic carbocycles. The molecule has 0 radical (unpaired) electrons. The van der Waals surface area contributed by atoms with Crippen molar-refractivity contribution in [1.82, 2.24) is 9.80 Å². The normalized spacial score (nSPS) is 22.6. The molecule has 0 aromatic heterocycles. The standard InChI is InChI=1S/C12H24N2O2/c1-13(2)11-6-5-9-14(10-11)8-4-3-7-12(15)16/h11H,3-10H2,1-2H3,(H,15,16). The van der Waals surface area contributed by atoms with Gasteiger partial charge in [-0.25, -0.2) is 0 Å². The zero-order chi connectivity index (χ0) is 12.0. The van der Waals surface area contributed by atoms with Crippen LogP contribution in [0.4, 0.5) is 0 Å². The van der Waals surface area contributed by atoms with Gasteiger partial charge in [-0.1, -0.05) is 0 Å². The maximum atomic E-state index is 10.4. The van der Waals surface area contributed by atoms with Crippen molar-refractivity contribution >= 4 is 5.97 Å². The van der Waals surface area contributed by atoms with E-state index in [1.807, 2.05) is 0 Å². The van der Waals surface area contributed by atoms with Crippen LogP contribution in [0.2, 0.25) is 0 Å². The molecule has 0 spiro atoms. The monoisotopic (exact) mass is 228 g/mol. The molecule has 1 aliphatic rings. The fourth-order valence-corrected chi connectivity index (χ4v) is 2.27. The molecule has 1 aliphatic heterocycles. The average Bonchev–Trinajstić information content (AvgIpc) is 2.24. The lowest BCUT2D eigenvalue weighted by Gasteiger charge is -2.36. The minimum atomic E-state index is -0.676. The predicted molar refractivity (Wildman–Crippen MR) is 64.6 cm³/mol. The molecule has 1 heterocycles. The molecule has 16 heavy (non-hydrogen) atoms. The summed E-state index contributed by atoms with van der Waals surface area (Å²) >= 11 is 0. The van der Waals surface area contributed by atoms with Gasteiger partial charge < -0.3 is 14.9 Å². The summed E-state index contributed by atoms with van der Waals surface area (Å²) in [7, 11) is 4.27. The second kappa shape index (κ2) is 6.86. The molecule has 94 valence electrons. The van der Waals surface area contributed by atoms with Crippen molar-refractivity contribution in [2.45, 2.75) is 38.1 Å². The first-order chi connectivity index (χ1) is 7.59. The summed E-state index contributed by atoms with van der Waals surface area (Å²) in [5, 5.41) is 8.55. The Balaban J connectivity index is 2.14. The molecule has 1 saturated heterocycles. The van der Waals surface area contributed by atoms with Gasteiger partial charge in [0.25, 0.3) is 0 Å². The van der Waals surface area contributed by atoms with E-state index in [0.29, 0.717) is 12.5 Å². The Bertz CT molecular complexity index is 219. The smallest absolute Gasteiger partial charge is 0.303 e. The summed E-state index contributed by atoms with van der Waals surface area (Å²) in [4.78, 5) is 15.1. The number of hydrogen-bond acceptors (Lipinski definition) is 3. The van der Waals surface area contributed by atoms with E-state index in [2.05, 4.69) is 23.9 Å². The summed E-state index contributed by atoms with van der Waals surface area (Å²) in [5.74, 6) is -0.676. The number of unbranched alkanes of at least 4 members (excludes halogenated alkanes) is 1. The van der Waals surface area contributed by atoms with Gasteiger partial charge in [0.15, 0.2) is 0 Å². The topological polar surface area (TPSA) is 43.8 Å². The van der Waals surface area contributed by atoms with Gasteiger partial charge in [0, 0.05) is 19.0 Å². The van der Waals surface area contributed by atoms with Crippen molar-refractivity contribution in [3.63, 3.8) is 0 Å². The highest BCUT2D eigenvalue weighted by atomic mass is 16.4. The van der Waals surface area contributed by atoms with Gasteiger partial charge in [-0.3, -0.25) is 4.79 Å². The summed E-state index contributed by atoms with van der Waals surface area (Å²) in [5.41, 5.74) is 0. The lowest BCUT2D eigenvalue weighted by Crippen LogP contribution is -2.45. The van der Waals surface area contributed by atoms with Gasteiger partial charge in [0.05, 0.1) is 0 Å². The zero-order valence-corrected chi connectivity index (χ0v) is 10.5. The number of carboxylic acids is 1. The van der Waals surface area contributed by atoms with Crippen LogP contribution in [0.25, 0.3) is 0 Å². The van der Waals surface area contributed by atoms with Crippen LogP contribution in [0.5, 0.6) is 0 Å². The Hall–Kier alpha value is -0.610. The third kappa shape index (κ3) is 4.94. The molecule has 1 N–H and O–H groups in total. The molecule has 0 bridgehead atoms. The third-order valence-corrected chi connectivity index (χ3v) is 3.33. The van der Waals surface area contributed by atoms with E-state index in [1.165, 1.54) is 19.4 Å². The molecule has 0 aromatic rings. The van der Waals surface area contributed by atoms with Crippen LogP contribution in [0.15, 0.2) is 0 Å². The van der Waals surface area contributed by atoms with Gasteiger partial charge in [0.2, 0.25) is 0 Å². The van der Waals surface area contributed by atoms with E-state index in [4.69, 9.17) is 5.11 Å². The summed E-state index contributed by atoms with van der Waals surface area (Å²) < 4.78 is 0. The van der Waals surface area contributed by atoms with Crippen molar-refractivity contribution in [3.05, 3.63) is 0 Å². The van der Waals surface area contributed by atoms with Crippen LogP contribution in [-0.2, 0) is 4.79 Å². The van der Waals surface area contributed by atoms with Crippen molar-refractivity contribution in [1.29, 1.82) is 0 Å². The van der Waals surface area contributed by atoms with E-state index in [-0.39, 0.29) is 0 Å². The van der Waals surface area contributed by atoms with Gasteiger partial charge in [0.1, 0.15) is 0 Å². The van der Waals surface area contributed by atoms with Crippen LogP contribution in [0.1, 0.15) is 32.1 Å². The minimum absolute atomic E-state index is 0.310. The molecule has 0 amide bonds. The number of likely N-dealkylation sites (N-methyl/N-ethyl adjacent to an activating group) is 1. The SMILES string of the molecule is CN(C)C1CCCN(CCCCC(=O)O)C1. The summed E-state index contributed by atoms with van der Waals surface area (Å²) in [6, 6.07) is 0.674. The fraction of sp³-hybridized carbons (Fsp3) is 0.917. The first-order valence-corrected chi connectivity index (χ1v) is 6.20. The number of carboxylic acid groups (broad SMARTS) is 1. The van der Waals surface area contributed by atoms with Gasteiger partial charge >= 0.3 is 5.97 Å². The first kappa shape index (κ1) is 13.5. The second-order valence-corrected chi connectivity index (χ2v) is 4.91. The number of hydrogen-bond donors (Lipinski definition) is 1. The first-order valence-electron chi connectivity index (χ1n) is 6.20. The quantitative estimate of drug-likeness (QED) is 0.695. The van der Waals surface area contributed by atoms with Crippen LogP contribution in [-0.4, -0.2) is 60.6 Å². The highest BCUT2D eigenvalue weighted by Crippen LogP contribution is 2.14. The summed E-state index contributed by atoms with van der Waals surface area (Å²) in [6.07, 6.45) is 4.68. The Morgan fingerprint density at radius 3 is 2.81 bits per heavy atom. The molecule has 1 unspecified atom stereocenters. The average molecular weight is 228 g/mol. The highest BCUT2D eigenvalue weighted by Gasteiger charge is 2.20. The number of aliphatic carboxylic acids is 1. The number of nitrogens with zero attached hydrogens (tertiary/aromatic N) is 2. The molecule has 4 nitrogen and oxygen atoms in total. The lowest BCUT2D eigenvalue weighted by molar-refractivity contribution is -0.137. The molecule has 0 aliphatic carbocycles. The van der Waals surface area contributed by atoms with Crippen LogP contribution in [0, 0.1) is 0 Å². The third-order valence-electron chi connectivity index (χ3n) is 3.33. The fourth-order valence-electron chi connectivity index (χ4n) is 2.27. The minimum Gasteiger partial charge on any atom is -0.481 e. The zero-order valence-electron chi connectivity index (χ0n) is 10.5. The van der Waals surface area contributed by atoms with Crippen molar-refractivity contribution in [3.8, 4) is 0 Å². The van der Waals surface area contributed by atoms with Gasteiger partial charge in [-0.2, -0.15) is 0 Å². The van der Waals surface area contributed by atoms with E-state index >= 15 is 0 Å². The Kier molecular flexibility index (Phi) is 5.77. The molecule has 1 rings (SSSR count). The maximum absolute atomic E-state index is 10.4. The van der Waals surface area contributed by atoms with Crippen molar-refractivity contribution in [2.75, 3.05) is 33.7 Å². The van der Waals surface area contributed by atoms with E-state index in [1.54, 1.807) is 0 Å². The van der Waals surface area contributed by atoms with Gasteiger partial charge in [-0.05, 0) is 52.9 Å². The molecule has 1 fully saturated rings. The molecule has 0 saturated carbocycles.